The summed E-state index contributed by atoms with van der Waals surface area (Å²) in [5.41, 5.74) is 5.04. The van der Waals surface area contributed by atoms with E-state index in [2.05, 4.69) is 12.1 Å². The van der Waals surface area contributed by atoms with E-state index in [0.29, 0.717) is 5.56 Å². The van der Waals surface area contributed by atoms with Crippen molar-refractivity contribution in [3.8, 4) is 16.9 Å². The Balaban J connectivity index is 0.000000196. The van der Waals surface area contributed by atoms with Crippen molar-refractivity contribution in [1.29, 1.82) is 0 Å². The summed E-state index contributed by atoms with van der Waals surface area (Å²) in [6, 6.07) is 55.7. The monoisotopic (exact) mass is 634 g/mol. The van der Waals surface area contributed by atoms with Crippen molar-refractivity contribution < 1.29 is 23.3 Å². The molecule has 6 heteroatoms. The van der Waals surface area contributed by atoms with E-state index in [1.807, 2.05) is 158 Å². The number of benzene rings is 6. The van der Waals surface area contributed by atoms with Crippen molar-refractivity contribution in [3.63, 3.8) is 0 Å². The summed E-state index contributed by atoms with van der Waals surface area (Å²) in [7, 11) is 1.51. The van der Waals surface area contributed by atoms with Crippen LogP contribution in [0, 0.1) is 0 Å². The van der Waals surface area contributed by atoms with Gasteiger partial charge in [0.2, 0.25) is 0 Å². The van der Waals surface area contributed by atoms with Gasteiger partial charge in [-0.1, -0.05) is 91.0 Å². The van der Waals surface area contributed by atoms with E-state index in [-0.39, 0.29) is 13.3 Å². The van der Waals surface area contributed by atoms with Crippen molar-refractivity contribution in [2.45, 2.75) is 9.79 Å². The molecule has 0 saturated heterocycles. The van der Waals surface area contributed by atoms with Crippen molar-refractivity contribution in [2.75, 3.05) is 0 Å². The molecule has 0 amide bonds. The van der Waals surface area contributed by atoms with E-state index in [9.17, 15) is 8.78 Å². The minimum absolute atomic E-state index is 0.191. The van der Waals surface area contributed by atoms with Crippen LogP contribution in [0.5, 0.6) is 5.75 Å². The third kappa shape index (κ3) is 8.47. The second-order valence-corrected chi connectivity index (χ2v) is 16.1. The molecule has 6 rings (SSSR count). The number of aromatic hydroxyl groups is 1. The van der Waals surface area contributed by atoms with Crippen LogP contribution >= 0.6 is 18.4 Å². The Kier molecular flexibility index (Phi) is 11.2. The predicted octanol–water partition coefficient (Wildman–Crippen LogP) is 10.6. The summed E-state index contributed by atoms with van der Waals surface area (Å²) >= 11 is -0.881. The first-order valence-electron chi connectivity index (χ1n) is 13.7. The summed E-state index contributed by atoms with van der Waals surface area (Å²) < 4.78 is 11.3. The maximum absolute atomic E-state index is 11.3. The maximum atomic E-state index is 11.3. The molecular formula is C37H29NO2S2V. The van der Waals surface area contributed by atoms with Gasteiger partial charge in [0.25, 0.3) is 0 Å². The van der Waals surface area contributed by atoms with Gasteiger partial charge in [-0.05, 0) is 23.8 Å². The summed E-state index contributed by atoms with van der Waals surface area (Å²) in [5.74, 6) is 0.238. The number of rotatable bonds is 7. The summed E-state index contributed by atoms with van der Waals surface area (Å²) in [6.45, 7) is 0. The molecule has 1 atom stereocenters. The quantitative estimate of drug-likeness (QED) is 0.140. The number of nitrogens with zero attached hydrogens (tertiary/aromatic N) is 1. The molecule has 43 heavy (non-hydrogen) atoms. The van der Waals surface area contributed by atoms with Crippen LogP contribution in [0.3, 0.4) is 0 Å². The number of phenols is 1. The fourth-order valence-corrected chi connectivity index (χ4v) is 9.56. The van der Waals surface area contributed by atoms with Crippen LogP contribution in [-0.4, -0.2) is 10.8 Å². The van der Waals surface area contributed by atoms with E-state index in [4.69, 9.17) is 4.99 Å². The molecular weight excluding hydrogens is 605 g/mol. The zero-order valence-corrected chi connectivity index (χ0v) is 26.3. The van der Waals surface area contributed by atoms with Crippen molar-refractivity contribution in [3.05, 3.63) is 181 Å². The van der Waals surface area contributed by atoms with E-state index in [0.717, 1.165) is 28.1 Å². The molecule has 0 radical (unpaired) electrons. The number of phenolic OH excluding ortho intramolecular Hbond substituents is 1. The minimum atomic E-state index is -0.881. The summed E-state index contributed by atoms with van der Waals surface area (Å²) in [6.07, 6.45) is 0. The Labute approximate surface area is 264 Å². The van der Waals surface area contributed by atoms with E-state index >= 15 is 0 Å². The van der Waals surface area contributed by atoms with E-state index in [1.165, 1.54) is 9.79 Å². The van der Waals surface area contributed by atoms with Gasteiger partial charge in [0.05, 0.1) is 11.4 Å². The molecule has 0 bridgehead atoms. The molecule has 0 aliphatic rings. The fraction of sp³-hybridized carbons (Fsp3) is 0. The molecule has 0 fully saturated rings. The summed E-state index contributed by atoms with van der Waals surface area (Å²) in [5, 5.41) is 11.1. The van der Waals surface area contributed by atoms with Crippen LogP contribution < -0.4 is 0 Å². The van der Waals surface area contributed by atoms with Crippen LogP contribution in [-0.2, 0) is 18.2 Å². The topological polar surface area (TPSA) is 49.7 Å². The molecule has 6 aromatic carbocycles. The second-order valence-electron chi connectivity index (χ2n) is 9.26. The second kappa shape index (κ2) is 15.9. The molecule has 3 nitrogen and oxygen atoms in total. The van der Waals surface area contributed by atoms with Gasteiger partial charge >= 0.3 is 107 Å². The molecule has 1 unspecified atom stereocenters. The van der Waals surface area contributed by atoms with Gasteiger partial charge in [-0.2, -0.15) is 0 Å². The first kappa shape index (κ1) is 30.3. The van der Waals surface area contributed by atoms with Gasteiger partial charge in [0, 0.05) is 16.7 Å². The van der Waals surface area contributed by atoms with Gasteiger partial charge in [-0.15, -0.1) is 0 Å². The first-order chi connectivity index (χ1) is 21.2. The van der Waals surface area contributed by atoms with Crippen molar-refractivity contribution >= 4 is 29.8 Å². The molecule has 211 valence electrons. The van der Waals surface area contributed by atoms with Gasteiger partial charge in [0.15, 0.2) is 0 Å². The van der Waals surface area contributed by atoms with Gasteiger partial charge < -0.3 is 5.11 Å². The average molecular weight is 635 g/mol. The van der Waals surface area contributed by atoms with Crippen molar-refractivity contribution in [1.82, 2.24) is 0 Å². The number of hydrogen-bond acceptors (Lipinski definition) is 4. The predicted molar refractivity (Wildman–Crippen MR) is 177 cm³/mol. The Morgan fingerprint density at radius 3 is 1.74 bits per heavy atom. The SMILES string of the molecule is Oc1c(C(=Nc2ccccc2)c2ccccc2)cccc1-c1ccccc1.[O]=[V]=[S](Sc1ccccc1)c1ccccc1. The first-order valence-corrected chi connectivity index (χ1v) is 18.5. The van der Waals surface area contributed by atoms with Crippen molar-refractivity contribution in [2.24, 2.45) is 4.99 Å². The van der Waals surface area contributed by atoms with Gasteiger partial charge in [-0.3, -0.25) is 0 Å². The Hall–Kier alpha value is -4.13. The van der Waals surface area contributed by atoms with E-state index in [1.54, 1.807) is 10.8 Å². The van der Waals surface area contributed by atoms with Gasteiger partial charge in [-0.25, -0.2) is 4.99 Å². The van der Waals surface area contributed by atoms with Crippen LogP contribution in [0.15, 0.2) is 185 Å². The van der Waals surface area contributed by atoms with Crippen LogP contribution in [0.25, 0.3) is 11.1 Å². The van der Waals surface area contributed by atoms with E-state index < -0.39 is 14.5 Å². The third-order valence-corrected chi connectivity index (χ3v) is 12.8. The standard InChI is InChI=1S/C25H19NO.C12H10S2.O.V/c27-25-22(19-11-4-1-5-12-19)17-10-18-23(25)24(20-13-6-2-7-14-20)26-21-15-8-3-9-16-21;1-3-7-11(8-4-1)13-14-12-9-5-2-6-10-12;;/h1-18,27H;1-10H;;. The zero-order valence-electron chi connectivity index (χ0n) is 23.2. The van der Waals surface area contributed by atoms with Crippen LogP contribution in [0.1, 0.15) is 11.1 Å². The molecule has 0 heterocycles. The zero-order chi connectivity index (χ0) is 29.7. The average Bonchev–Trinajstić information content (AvgIpc) is 3.09. The third-order valence-electron chi connectivity index (χ3n) is 6.35. The molecule has 0 saturated carbocycles. The molecule has 0 spiro atoms. The fourth-order valence-electron chi connectivity index (χ4n) is 4.30. The Bertz CT molecular complexity index is 1830. The van der Waals surface area contributed by atoms with Crippen LogP contribution in [0.4, 0.5) is 5.69 Å². The summed E-state index contributed by atoms with van der Waals surface area (Å²) in [4.78, 5) is 7.21. The molecule has 6 aromatic rings. The molecule has 1 N–H and O–H groups in total. The van der Waals surface area contributed by atoms with Crippen LogP contribution in [0.2, 0.25) is 0 Å². The van der Waals surface area contributed by atoms with Gasteiger partial charge in [0.1, 0.15) is 5.75 Å². The normalized spacial score (nSPS) is 11.5. The molecule has 0 aromatic heterocycles. The Morgan fingerprint density at radius 2 is 1.14 bits per heavy atom. The molecule has 0 aliphatic heterocycles. The number of aliphatic imine (C=N–C) groups is 1. The Morgan fingerprint density at radius 1 is 0.605 bits per heavy atom. The number of hydrogen-bond donors (Lipinski definition) is 1. The molecule has 0 aliphatic carbocycles. The number of para-hydroxylation sites is 2.